The number of carbonyl (C=O) groups is 3. The van der Waals surface area contributed by atoms with E-state index in [1.807, 2.05) is 12.1 Å². The van der Waals surface area contributed by atoms with Gasteiger partial charge in [-0.15, -0.1) is 0 Å². The van der Waals surface area contributed by atoms with Gasteiger partial charge in [-0.2, -0.15) is 0 Å². The molecule has 2 N–H and O–H groups in total. The molecule has 0 radical (unpaired) electrons. The van der Waals surface area contributed by atoms with Gasteiger partial charge in [0.05, 0.1) is 5.41 Å². The van der Waals surface area contributed by atoms with E-state index >= 15 is 0 Å². The van der Waals surface area contributed by atoms with Crippen molar-refractivity contribution < 1.29 is 19.1 Å². The summed E-state index contributed by atoms with van der Waals surface area (Å²) < 4.78 is 5.29. The highest BCUT2D eigenvalue weighted by Crippen LogP contribution is 2.49. The summed E-state index contributed by atoms with van der Waals surface area (Å²) in [6.07, 6.45) is 2.55. The van der Waals surface area contributed by atoms with E-state index in [0.29, 0.717) is 43.8 Å². The second-order valence-corrected chi connectivity index (χ2v) is 7.16. The van der Waals surface area contributed by atoms with Crippen molar-refractivity contribution in [3.05, 3.63) is 34.9 Å². The number of benzene rings is 1. The lowest BCUT2D eigenvalue weighted by molar-refractivity contribution is -0.154. The Morgan fingerprint density at radius 2 is 1.76 bits per heavy atom. The molecule has 7 heteroatoms. The van der Waals surface area contributed by atoms with Crippen LogP contribution >= 0.6 is 11.6 Å². The topological polar surface area (TPSA) is 89.7 Å². The quantitative estimate of drug-likeness (QED) is 0.804. The third-order valence-electron chi connectivity index (χ3n) is 5.11. The maximum atomic E-state index is 12.5. The molecule has 25 heavy (non-hydrogen) atoms. The fourth-order valence-corrected chi connectivity index (χ4v) is 3.40. The highest BCUT2D eigenvalue weighted by atomic mass is 35.5. The number of hydrogen-bond donors (Lipinski definition) is 1. The summed E-state index contributed by atoms with van der Waals surface area (Å²) in [5, 5.41) is 0.613. The van der Waals surface area contributed by atoms with Gasteiger partial charge < -0.3 is 15.4 Å². The normalized spacial score (nSPS) is 19.3. The molecule has 1 aliphatic heterocycles. The van der Waals surface area contributed by atoms with Crippen molar-refractivity contribution >= 4 is 29.4 Å². The Bertz CT molecular complexity index is 677. The minimum atomic E-state index is -0.635. The molecule has 1 heterocycles. The van der Waals surface area contributed by atoms with E-state index in [0.717, 1.165) is 5.56 Å². The fraction of sp³-hybridized carbons (Fsp3) is 0.500. The summed E-state index contributed by atoms with van der Waals surface area (Å²) in [4.78, 5) is 37.5. The summed E-state index contributed by atoms with van der Waals surface area (Å²) in [5.41, 5.74) is 5.52. The fourth-order valence-electron chi connectivity index (χ4n) is 3.27. The van der Waals surface area contributed by atoms with E-state index in [4.69, 9.17) is 22.1 Å². The number of nitrogens with zero attached hydrogens (tertiary/aromatic N) is 1. The van der Waals surface area contributed by atoms with Crippen LogP contribution in [0.25, 0.3) is 0 Å². The average Bonchev–Trinajstić information content (AvgIpc) is 3.42. The molecule has 1 saturated heterocycles. The molecule has 2 aliphatic rings. The molecule has 1 aliphatic carbocycles. The van der Waals surface area contributed by atoms with Gasteiger partial charge in [0, 0.05) is 24.0 Å². The number of carbonyl (C=O) groups excluding carboxylic acids is 3. The van der Waals surface area contributed by atoms with E-state index < -0.39 is 5.41 Å². The van der Waals surface area contributed by atoms with Gasteiger partial charge in [0.2, 0.25) is 5.91 Å². The molecular formula is C18H21ClN2O4. The van der Waals surface area contributed by atoms with E-state index in [2.05, 4.69) is 0 Å². The van der Waals surface area contributed by atoms with Crippen molar-refractivity contribution in [2.75, 3.05) is 19.7 Å². The van der Waals surface area contributed by atoms with Gasteiger partial charge in [-0.1, -0.05) is 23.7 Å². The van der Waals surface area contributed by atoms with Crippen molar-refractivity contribution in [2.45, 2.75) is 31.1 Å². The van der Waals surface area contributed by atoms with Crippen molar-refractivity contribution in [1.82, 2.24) is 4.90 Å². The van der Waals surface area contributed by atoms with Gasteiger partial charge in [-0.3, -0.25) is 14.4 Å². The molecule has 1 saturated carbocycles. The van der Waals surface area contributed by atoms with Crippen LogP contribution in [0.1, 0.15) is 31.2 Å². The minimum absolute atomic E-state index is 0.175. The number of ether oxygens (including phenoxy) is 1. The third kappa shape index (κ3) is 3.79. The van der Waals surface area contributed by atoms with Crippen LogP contribution < -0.4 is 5.73 Å². The van der Waals surface area contributed by atoms with Crippen molar-refractivity contribution in [3.8, 4) is 0 Å². The first-order valence-corrected chi connectivity index (χ1v) is 8.80. The smallest absolute Gasteiger partial charge is 0.317 e. The molecule has 0 bridgehead atoms. The molecule has 0 spiro atoms. The van der Waals surface area contributed by atoms with Crippen LogP contribution in [0.2, 0.25) is 5.02 Å². The van der Waals surface area contributed by atoms with Gasteiger partial charge in [0.15, 0.2) is 6.61 Å². The first-order chi connectivity index (χ1) is 11.9. The van der Waals surface area contributed by atoms with E-state index in [9.17, 15) is 14.4 Å². The van der Waals surface area contributed by atoms with Crippen LogP contribution in [0, 0.1) is 5.92 Å². The molecular weight excluding hydrogens is 344 g/mol. The Morgan fingerprint density at radius 3 is 2.28 bits per heavy atom. The molecule has 0 aromatic heterocycles. The SMILES string of the molecule is NC(=O)C1CCN(C(=O)COC(=O)C2(c3ccc(Cl)cc3)CC2)CC1. The standard InChI is InChI=1S/C18H21ClN2O4/c19-14-3-1-13(2-4-14)18(7-8-18)17(24)25-11-15(22)21-9-5-12(6-10-21)16(20)23/h1-4,12H,5-11H2,(H2,20,23). The highest BCUT2D eigenvalue weighted by Gasteiger charge is 2.53. The van der Waals surface area contributed by atoms with Gasteiger partial charge in [0.1, 0.15) is 0 Å². The third-order valence-corrected chi connectivity index (χ3v) is 5.37. The largest absolute Gasteiger partial charge is 0.455 e. The molecule has 0 atom stereocenters. The number of halogens is 1. The van der Waals surface area contributed by atoms with Crippen molar-refractivity contribution in [3.63, 3.8) is 0 Å². The predicted octanol–water partition coefficient (Wildman–Crippen LogP) is 1.64. The van der Waals surface area contributed by atoms with E-state index in [1.54, 1.807) is 17.0 Å². The van der Waals surface area contributed by atoms with Gasteiger partial charge >= 0.3 is 5.97 Å². The maximum absolute atomic E-state index is 12.5. The van der Waals surface area contributed by atoms with Gasteiger partial charge in [0.25, 0.3) is 5.91 Å². The first-order valence-electron chi connectivity index (χ1n) is 8.43. The zero-order valence-corrected chi connectivity index (χ0v) is 14.6. The second kappa shape index (κ2) is 7.04. The monoisotopic (exact) mass is 364 g/mol. The van der Waals surface area contributed by atoms with Crippen molar-refractivity contribution in [2.24, 2.45) is 11.7 Å². The summed E-state index contributed by atoms with van der Waals surface area (Å²) in [6, 6.07) is 7.15. The summed E-state index contributed by atoms with van der Waals surface area (Å²) in [6.45, 7) is 0.661. The lowest BCUT2D eigenvalue weighted by Gasteiger charge is -2.30. The van der Waals surface area contributed by atoms with Crippen LogP contribution in [0.15, 0.2) is 24.3 Å². The van der Waals surface area contributed by atoms with E-state index in [1.165, 1.54) is 0 Å². The minimum Gasteiger partial charge on any atom is -0.455 e. The second-order valence-electron chi connectivity index (χ2n) is 6.72. The number of amides is 2. The lowest BCUT2D eigenvalue weighted by Crippen LogP contribution is -2.43. The van der Waals surface area contributed by atoms with Crippen molar-refractivity contribution in [1.29, 1.82) is 0 Å². The molecule has 0 unspecified atom stereocenters. The highest BCUT2D eigenvalue weighted by molar-refractivity contribution is 6.30. The number of hydrogen-bond acceptors (Lipinski definition) is 4. The summed E-state index contributed by atoms with van der Waals surface area (Å²) in [5.74, 6) is -1.10. The summed E-state index contributed by atoms with van der Waals surface area (Å²) in [7, 11) is 0. The lowest BCUT2D eigenvalue weighted by atomic mass is 9.96. The Morgan fingerprint density at radius 1 is 1.16 bits per heavy atom. The van der Waals surface area contributed by atoms with Crippen LogP contribution in [-0.2, 0) is 24.5 Å². The predicted molar refractivity (Wildman–Crippen MR) is 91.8 cm³/mol. The summed E-state index contributed by atoms with van der Waals surface area (Å²) >= 11 is 5.88. The first kappa shape index (κ1) is 17.7. The number of nitrogens with two attached hydrogens (primary N) is 1. The molecule has 1 aromatic rings. The zero-order valence-electron chi connectivity index (χ0n) is 13.9. The molecule has 1 aromatic carbocycles. The molecule has 2 amide bonds. The number of rotatable bonds is 5. The number of likely N-dealkylation sites (tertiary alicyclic amines) is 1. The van der Waals surface area contributed by atoms with Crippen LogP contribution in [0.4, 0.5) is 0 Å². The molecule has 2 fully saturated rings. The zero-order chi connectivity index (χ0) is 18.0. The number of primary amides is 1. The Labute approximate surface area is 151 Å². The molecule has 3 rings (SSSR count). The van der Waals surface area contributed by atoms with Crippen LogP contribution in [-0.4, -0.2) is 42.4 Å². The van der Waals surface area contributed by atoms with Crippen LogP contribution in [0.5, 0.6) is 0 Å². The maximum Gasteiger partial charge on any atom is 0.317 e. The van der Waals surface area contributed by atoms with Gasteiger partial charge in [-0.05, 0) is 43.4 Å². The average molecular weight is 365 g/mol. The molecule has 6 nitrogen and oxygen atoms in total. The van der Waals surface area contributed by atoms with Crippen LogP contribution in [0.3, 0.4) is 0 Å². The molecule has 134 valence electrons. The van der Waals surface area contributed by atoms with Gasteiger partial charge in [-0.25, -0.2) is 0 Å². The van der Waals surface area contributed by atoms with E-state index in [-0.39, 0.29) is 30.3 Å². The Balaban J connectivity index is 1.52. The Kier molecular flexibility index (Phi) is 4.99. The number of piperidine rings is 1. The Hall–Kier alpha value is -2.08. The number of esters is 1.